The number of halogens is 2. The van der Waals surface area contributed by atoms with Crippen LogP contribution in [-0.4, -0.2) is 48.5 Å². The van der Waals surface area contributed by atoms with E-state index in [2.05, 4.69) is 6.07 Å². The molecule has 1 atom stereocenters. The van der Waals surface area contributed by atoms with Crippen LogP contribution in [0.5, 0.6) is 5.75 Å². The van der Waals surface area contributed by atoms with Gasteiger partial charge in [0.2, 0.25) is 15.7 Å². The summed E-state index contributed by atoms with van der Waals surface area (Å²) < 4.78 is 32.0. The van der Waals surface area contributed by atoms with Crippen LogP contribution in [0.15, 0.2) is 47.6 Å². The van der Waals surface area contributed by atoms with Gasteiger partial charge in [-0.05, 0) is 18.2 Å². The van der Waals surface area contributed by atoms with Crippen molar-refractivity contribution in [3.8, 4) is 5.75 Å². The van der Waals surface area contributed by atoms with E-state index in [-0.39, 0.29) is 6.04 Å². The summed E-state index contributed by atoms with van der Waals surface area (Å²) in [6.07, 6.45) is 3.02. The number of rotatable bonds is 2. The van der Waals surface area contributed by atoms with Gasteiger partial charge >= 0.3 is 0 Å². The summed E-state index contributed by atoms with van der Waals surface area (Å²) in [6.45, 7) is 0.799. The number of piperidine rings is 1. The molecule has 158 valence electrons. The standard InChI is InChI=1S/C21H21Cl2N3O3S/c1-30(27,28)25-10-8-21(9-11-25)26-19(16-4-2-3-5-20(16)29-21)13-18(24-26)15-7-6-14(22)12-17(15)23/h2-7,12,19H,8-11,13H2,1H3/t19-/m1/s1. The van der Waals surface area contributed by atoms with Gasteiger partial charge in [-0.3, -0.25) is 0 Å². The summed E-state index contributed by atoms with van der Waals surface area (Å²) in [5, 5.41) is 8.15. The lowest BCUT2D eigenvalue weighted by atomic mass is 9.91. The van der Waals surface area contributed by atoms with Crippen molar-refractivity contribution in [3.63, 3.8) is 0 Å². The van der Waals surface area contributed by atoms with E-state index in [1.165, 1.54) is 10.6 Å². The summed E-state index contributed by atoms with van der Waals surface area (Å²) in [6, 6.07) is 13.4. The lowest BCUT2D eigenvalue weighted by molar-refractivity contribution is -0.143. The Hall–Kier alpha value is -1.80. The molecule has 3 heterocycles. The molecule has 1 saturated heterocycles. The summed E-state index contributed by atoms with van der Waals surface area (Å²) in [5.41, 5.74) is 2.14. The van der Waals surface area contributed by atoms with Gasteiger partial charge in [0.05, 0.1) is 23.0 Å². The van der Waals surface area contributed by atoms with Gasteiger partial charge in [0.25, 0.3) is 0 Å². The van der Waals surface area contributed by atoms with E-state index in [0.29, 0.717) is 42.4 Å². The van der Waals surface area contributed by atoms with Crippen molar-refractivity contribution < 1.29 is 13.2 Å². The van der Waals surface area contributed by atoms with E-state index in [1.807, 2.05) is 35.3 Å². The average Bonchev–Trinajstić information content (AvgIpc) is 3.14. The van der Waals surface area contributed by atoms with Crippen LogP contribution < -0.4 is 4.74 Å². The highest BCUT2D eigenvalue weighted by atomic mass is 35.5. The van der Waals surface area contributed by atoms with Gasteiger partial charge in [-0.1, -0.05) is 47.5 Å². The zero-order chi connectivity index (χ0) is 21.1. The van der Waals surface area contributed by atoms with Gasteiger partial charge in [-0.2, -0.15) is 5.10 Å². The van der Waals surface area contributed by atoms with E-state index >= 15 is 0 Å². The van der Waals surface area contributed by atoms with Crippen molar-refractivity contribution in [1.29, 1.82) is 0 Å². The number of hydrogen-bond acceptors (Lipinski definition) is 5. The van der Waals surface area contributed by atoms with Gasteiger partial charge in [-0.15, -0.1) is 0 Å². The number of benzene rings is 2. The van der Waals surface area contributed by atoms with Crippen LogP contribution >= 0.6 is 23.2 Å². The van der Waals surface area contributed by atoms with Gasteiger partial charge < -0.3 is 4.74 Å². The molecule has 2 aromatic carbocycles. The van der Waals surface area contributed by atoms with Crippen molar-refractivity contribution in [2.24, 2.45) is 5.10 Å². The molecule has 1 spiro atoms. The minimum atomic E-state index is -3.23. The van der Waals surface area contributed by atoms with Crippen LogP contribution in [0.1, 0.15) is 36.4 Å². The maximum Gasteiger partial charge on any atom is 0.211 e. The quantitative estimate of drug-likeness (QED) is 0.663. The van der Waals surface area contributed by atoms with Gasteiger partial charge in [-0.25, -0.2) is 17.7 Å². The summed E-state index contributed by atoms with van der Waals surface area (Å²) in [5.74, 6) is 0.838. The minimum Gasteiger partial charge on any atom is -0.466 e. The molecular formula is C21H21Cl2N3O3S. The Morgan fingerprint density at radius 3 is 2.57 bits per heavy atom. The molecule has 1 fully saturated rings. The molecule has 9 heteroatoms. The van der Waals surface area contributed by atoms with Crippen molar-refractivity contribution in [2.45, 2.75) is 31.0 Å². The van der Waals surface area contributed by atoms with Crippen LogP contribution in [0, 0.1) is 0 Å². The maximum absolute atomic E-state index is 12.0. The predicted molar refractivity (Wildman–Crippen MR) is 118 cm³/mol. The first-order valence-corrected chi connectivity index (χ1v) is 12.4. The normalized spacial score (nSPS) is 23.0. The Balaban J connectivity index is 1.55. The number of sulfonamides is 1. The van der Waals surface area contributed by atoms with E-state index < -0.39 is 15.7 Å². The second kappa shape index (κ2) is 7.12. The Kier molecular flexibility index (Phi) is 4.78. The Labute approximate surface area is 186 Å². The largest absolute Gasteiger partial charge is 0.466 e. The number of hydrazone groups is 1. The van der Waals surface area contributed by atoms with Gasteiger partial charge in [0.15, 0.2) is 0 Å². The predicted octanol–water partition coefficient (Wildman–Crippen LogP) is 4.29. The Bertz CT molecular complexity index is 1140. The first kappa shape index (κ1) is 20.1. The number of para-hydroxylation sites is 1. The molecule has 30 heavy (non-hydrogen) atoms. The molecule has 3 aliphatic heterocycles. The third kappa shape index (κ3) is 3.28. The van der Waals surface area contributed by atoms with Crippen molar-refractivity contribution in [2.75, 3.05) is 19.3 Å². The zero-order valence-electron chi connectivity index (χ0n) is 16.4. The molecule has 6 nitrogen and oxygen atoms in total. The number of hydrogen-bond donors (Lipinski definition) is 0. The first-order chi connectivity index (χ1) is 14.3. The fourth-order valence-electron chi connectivity index (χ4n) is 4.61. The van der Waals surface area contributed by atoms with E-state index in [4.69, 9.17) is 33.0 Å². The third-order valence-corrected chi connectivity index (χ3v) is 7.97. The van der Waals surface area contributed by atoms with Crippen LogP contribution in [-0.2, 0) is 10.0 Å². The van der Waals surface area contributed by atoms with Crippen molar-refractivity contribution in [3.05, 3.63) is 63.6 Å². The molecular weight excluding hydrogens is 445 g/mol. The molecule has 0 saturated carbocycles. The van der Waals surface area contributed by atoms with Crippen LogP contribution in [0.3, 0.4) is 0 Å². The monoisotopic (exact) mass is 465 g/mol. The van der Waals surface area contributed by atoms with Crippen LogP contribution in [0.25, 0.3) is 0 Å². The smallest absolute Gasteiger partial charge is 0.211 e. The van der Waals surface area contributed by atoms with Gasteiger partial charge in [0, 0.05) is 48.5 Å². The maximum atomic E-state index is 12.0. The summed E-state index contributed by atoms with van der Waals surface area (Å²) in [7, 11) is -3.23. The fraction of sp³-hybridized carbons (Fsp3) is 0.381. The third-order valence-electron chi connectivity index (χ3n) is 6.12. The average molecular weight is 466 g/mol. The van der Waals surface area contributed by atoms with E-state index in [0.717, 1.165) is 22.6 Å². The second-order valence-electron chi connectivity index (χ2n) is 7.98. The molecule has 3 aliphatic rings. The molecule has 0 unspecified atom stereocenters. The van der Waals surface area contributed by atoms with E-state index in [9.17, 15) is 8.42 Å². The Morgan fingerprint density at radius 1 is 1.13 bits per heavy atom. The molecule has 0 radical (unpaired) electrons. The molecule has 0 aromatic heterocycles. The molecule has 5 rings (SSSR count). The molecule has 0 aliphatic carbocycles. The van der Waals surface area contributed by atoms with Crippen LogP contribution in [0.4, 0.5) is 0 Å². The first-order valence-electron chi connectivity index (χ1n) is 9.82. The van der Waals surface area contributed by atoms with Crippen LogP contribution in [0.2, 0.25) is 10.0 Å². The zero-order valence-corrected chi connectivity index (χ0v) is 18.7. The molecule has 0 amide bonds. The van der Waals surface area contributed by atoms with Crippen molar-refractivity contribution >= 4 is 38.9 Å². The van der Waals surface area contributed by atoms with E-state index in [1.54, 1.807) is 6.07 Å². The highest BCUT2D eigenvalue weighted by Crippen LogP contribution is 2.50. The lowest BCUT2D eigenvalue weighted by Crippen LogP contribution is -2.59. The number of fused-ring (bicyclic) bond motifs is 4. The SMILES string of the molecule is CS(=O)(=O)N1CCC2(CC1)Oc1ccccc1[C@H]1CC(c3ccc(Cl)cc3Cl)=NN12. The Morgan fingerprint density at radius 2 is 1.87 bits per heavy atom. The molecule has 2 aromatic rings. The highest BCUT2D eigenvalue weighted by molar-refractivity contribution is 7.88. The topological polar surface area (TPSA) is 62.2 Å². The molecule has 0 bridgehead atoms. The van der Waals surface area contributed by atoms with Gasteiger partial charge in [0.1, 0.15) is 5.75 Å². The number of nitrogens with zero attached hydrogens (tertiary/aromatic N) is 3. The summed E-state index contributed by atoms with van der Waals surface area (Å²) >= 11 is 12.5. The summed E-state index contributed by atoms with van der Waals surface area (Å²) in [4.78, 5) is 0. The fourth-order valence-corrected chi connectivity index (χ4v) is 5.98. The number of ether oxygens (including phenoxy) is 1. The molecule has 0 N–H and O–H groups in total. The van der Waals surface area contributed by atoms with Crippen molar-refractivity contribution in [1.82, 2.24) is 9.31 Å². The minimum absolute atomic E-state index is 0.0153. The highest BCUT2D eigenvalue weighted by Gasteiger charge is 2.52. The lowest BCUT2D eigenvalue weighted by Gasteiger charge is -2.50. The second-order valence-corrected chi connectivity index (χ2v) is 10.8.